The predicted molar refractivity (Wildman–Crippen MR) is 111 cm³/mol. The molecule has 4 rings (SSSR count). The third-order valence-corrected chi connectivity index (χ3v) is 4.92. The summed E-state index contributed by atoms with van der Waals surface area (Å²) in [7, 11) is 0. The maximum Gasteiger partial charge on any atom is 0.141 e. The second-order valence-electron chi connectivity index (χ2n) is 6.87. The molecule has 142 valence electrons. The van der Waals surface area contributed by atoms with Crippen LogP contribution in [0.3, 0.4) is 0 Å². The van der Waals surface area contributed by atoms with E-state index >= 15 is 0 Å². The van der Waals surface area contributed by atoms with Crippen molar-refractivity contribution in [3.05, 3.63) is 77.5 Å². The molecule has 6 heteroatoms. The third kappa shape index (κ3) is 3.53. The molecule has 0 saturated heterocycles. The minimum absolute atomic E-state index is 0.603. The SMILES string of the molecule is Cc1ccc(C)c(OCCn2c(C)c(C=Nn3cnnc3)c3ccccc32)c1. The number of hydrogen-bond acceptors (Lipinski definition) is 4. The van der Waals surface area contributed by atoms with Crippen LogP contribution in [-0.4, -0.2) is 32.3 Å². The molecular weight excluding hydrogens is 350 g/mol. The molecule has 0 bridgehead atoms. The van der Waals surface area contributed by atoms with E-state index in [9.17, 15) is 0 Å². The van der Waals surface area contributed by atoms with Crippen LogP contribution < -0.4 is 4.74 Å². The molecule has 0 N–H and O–H groups in total. The Morgan fingerprint density at radius 1 is 1.04 bits per heavy atom. The summed E-state index contributed by atoms with van der Waals surface area (Å²) in [6, 6.07) is 14.7. The Morgan fingerprint density at radius 3 is 2.64 bits per heavy atom. The Bertz CT molecular complexity index is 1130. The zero-order chi connectivity index (χ0) is 19.5. The van der Waals surface area contributed by atoms with Gasteiger partial charge in [0.25, 0.3) is 0 Å². The molecule has 6 nitrogen and oxygen atoms in total. The van der Waals surface area contributed by atoms with Crippen molar-refractivity contribution in [2.24, 2.45) is 5.10 Å². The molecule has 2 heterocycles. The Morgan fingerprint density at radius 2 is 1.82 bits per heavy atom. The van der Waals surface area contributed by atoms with Crippen molar-refractivity contribution in [3.8, 4) is 5.75 Å². The van der Waals surface area contributed by atoms with Crippen molar-refractivity contribution >= 4 is 17.1 Å². The van der Waals surface area contributed by atoms with Crippen LogP contribution >= 0.6 is 0 Å². The van der Waals surface area contributed by atoms with Crippen molar-refractivity contribution in [2.75, 3.05) is 6.61 Å². The van der Waals surface area contributed by atoms with Gasteiger partial charge in [-0.25, -0.2) is 4.68 Å². The first kappa shape index (κ1) is 18.0. The average Bonchev–Trinajstić information content (AvgIpc) is 3.30. The van der Waals surface area contributed by atoms with E-state index in [0.29, 0.717) is 6.61 Å². The number of fused-ring (bicyclic) bond motifs is 1. The van der Waals surface area contributed by atoms with Gasteiger partial charge in [-0.3, -0.25) is 0 Å². The molecule has 0 aliphatic heterocycles. The van der Waals surface area contributed by atoms with Gasteiger partial charge in [0.05, 0.1) is 12.8 Å². The fourth-order valence-corrected chi connectivity index (χ4v) is 3.40. The number of aryl methyl sites for hydroxylation is 2. The van der Waals surface area contributed by atoms with Gasteiger partial charge in [-0.1, -0.05) is 30.3 Å². The van der Waals surface area contributed by atoms with Crippen LogP contribution in [0.25, 0.3) is 10.9 Å². The summed E-state index contributed by atoms with van der Waals surface area (Å²) >= 11 is 0. The van der Waals surface area contributed by atoms with Crippen LogP contribution in [0.4, 0.5) is 0 Å². The summed E-state index contributed by atoms with van der Waals surface area (Å²) in [4.78, 5) is 0. The van der Waals surface area contributed by atoms with Crippen LogP contribution in [0.2, 0.25) is 0 Å². The number of benzene rings is 2. The lowest BCUT2D eigenvalue weighted by molar-refractivity contribution is 0.297. The first-order valence-electron chi connectivity index (χ1n) is 9.30. The smallest absolute Gasteiger partial charge is 0.141 e. The first-order valence-corrected chi connectivity index (χ1v) is 9.30. The quantitative estimate of drug-likeness (QED) is 0.478. The second-order valence-corrected chi connectivity index (χ2v) is 6.87. The predicted octanol–water partition coefficient (Wildman–Crippen LogP) is 4.12. The van der Waals surface area contributed by atoms with Crippen molar-refractivity contribution < 1.29 is 4.74 Å². The molecule has 4 aromatic rings. The van der Waals surface area contributed by atoms with Gasteiger partial charge in [0.1, 0.15) is 25.0 Å². The molecule has 2 aromatic heterocycles. The lowest BCUT2D eigenvalue weighted by Crippen LogP contribution is -2.10. The van der Waals surface area contributed by atoms with Crippen molar-refractivity contribution in [1.29, 1.82) is 0 Å². The van der Waals surface area contributed by atoms with Crippen molar-refractivity contribution in [3.63, 3.8) is 0 Å². The lowest BCUT2D eigenvalue weighted by atomic mass is 10.1. The van der Waals surface area contributed by atoms with Gasteiger partial charge in [-0.15, -0.1) is 10.2 Å². The van der Waals surface area contributed by atoms with Gasteiger partial charge in [-0.2, -0.15) is 5.10 Å². The van der Waals surface area contributed by atoms with Crippen molar-refractivity contribution in [2.45, 2.75) is 27.3 Å². The molecule has 0 unspecified atom stereocenters. The molecule has 0 fully saturated rings. The van der Waals surface area contributed by atoms with E-state index in [4.69, 9.17) is 4.74 Å². The van der Waals surface area contributed by atoms with E-state index in [2.05, 4.69) is 83.1 Å². The maximum absolute atomic E-state index is 6.08. The van der Waals surface area contributed by atoms with E-state index in [0.717, 1.165) is 29.1 Å². The molecular formula is C22H23N5O. The molecule has 0 saturated carbocycles. The topological polar surface area (TPSA) is 57.2 Å². The van der Waals surface area contributed by atoms with Gasteiger partial charge < -0.3 is 9.30 Å². The molecule has 0 atom stereocenters. The monoisotopic (exact) mass is 373 g/mol. The number of rotatable bonds is 6. The lowest BCUT2D eigenvalue weighted by Gasteiger charge is -2.12. The highest BCUT2D eigenvalue weighted by Crippen LogP contribution is 2.25. The van der Waals surface area contributed by atoms with Crippen LogP contribution in [0.1, 0.15) is 22.4 Å². The minimum atomic E-state index is 0.603. The summed E-state index contributed by atoms with van der Waals surface area (Å²) in [6.45, 7) is 7.64. The molecule has 28 heavy (non-hydrogen) atoms. The zero-order valence-corrected chi connectivity index (χ0v) is 16.3. The summed E-state index contributed by atoms with van der Waals surface area (Å²) < 4.78 is 9.96. The molecule has 0 aliphatic carbocycles. The van der Waals surface area contributed by atoms with Crippen LogP contribution in [0.15, 0.2) is 60.2 Å². The van der Waals surface area contributed by atoms with Crippen LogP contribution in [0.5, 0.6) is 5.75 Å². The fraction of sp³-hybridized carbons (Fsp3) is 0.227. The Hall–Kier alpha value is -3.41. The van der Waals surface area contributed by atoms with Gasteiger partial charge in [0, 0.05) is 22.2 Å². The fourth-order valence-electron chi connectivity index (χ4n) is 3.40. The number of nitrogens with zero attached hydrogens (tertiary/aromatic N) is 5. The van der Waals surface area contributed by atoms with Crippen molar-refractivity contribution in [1.82, 2.24) is 19.4 Å². The minimum Gasteiger partial charge on any atom is -0.491 e. The number of hydrogen-bond donors (Lipinski definition) is 0. The van der Waals surface area contributed by atoms with Gasteiger partial charge in [0.2, 0.25) is 0 Å². The number of ether oxygens (including phenoxy) is 1. The Labute approximate surface area is 164 Å². The third-order valence-electron chi connectivity index (χ3n) is 4.92. The summed E-state index contributed by atoms with van der Waals surface area (Å²) in [5.41, 5.74) is 5.78. The summed E-state index contributed by atoms with van der Waals surface area (Å²) in [6.07, 6.45) is 5.01. The second kappa shape index (κ2) is 7.68. The molecule has 0 radical (unpaired) electrons. The first-order chi connectivity index (χ1) is 13.6. The Balaban J connectivity index is 1.60. The zero-order valence-electron chi connectivity index (χ0n) is 16.3. The molecule has 0 amide bonds. The van der Waals surface area contributed by atoms with E-state index in [1.807, 2.05) is 6.21 Å². The average molecular weight is 373 g/mol. The van der Waals surface area contributed by atoms with Gasteiger partial charge >= 0.3 is 0 Å². The van der Waals surface area contributed by atoms with Crippen LogP contribution in [0, 0.1) is 20.8 Å². The van der Waals surface area contributed by atoms with E-state index in [1.54, 1.807) is 17.3 Å². The molecule has 0 aliphatic rings. The normalized spacial score (nSPS) is 11.5. The molecule has 0 spiro atoms. The maximum atomic E-state index is 6.08. The van der Waals surface area contributed by atoms with Crippen LogP contribution in [-0.2, 0) is 6.54 Å². The number of aromatic nitrogens is 4. The standard InChI is InChI=1S/C22H23N5O/c1-16-8-9-17(2)22(12-16)28-11-10-27-18(3)20(13-25-26-14-23-24-15-26)19-6-4-5-7-21(19)27/h4-9,12-15H,10-11H2,1-3H3. The van der Waals surface area contributed by atoms with E-state index in [1.165, 1.54) is 16.5 Å². The van der Waals surface area contributed by atoms with E-state index < -0.39 is 0 Å². The highest BCUT2D eigenvalue weighted by molar-refractivity contribution is 6.01. The summed E-state index contributed by atoms with van der Waals surface area (Å²) in [5.74, 6) is 0.948. The largest absolute Gasteiger partial charge is 0.491 e. The Kier molecular flexibility index (Phi) is 4.93. The highest BCUT2D eigenvalue weighted by atomic mass is 16.5. The number of para-hydroxylation sites is 1. The van der Waals surface area contributed by atoms with E-state index in [-0.39, 0.29) is 0 Å². The van der Waals surface area contributed by atoms with Gasteiger partial charge in [-0.05, 0) is 44.0 Å². The molecule has 2 aromatic carbocycles. The van der Waals surface area contributed by atoms with Gasteiger partial charge in [0.15, 0.2) is 0 Å². The summed E-state index contributed by atoms with van der Waals surface area (Å²) in [5, 5.41) is 13.2. The highest BCUT2D eigenvalue weighted by Gasteiger charge is 2.12.